The summed E-state index contributed by atoms with van der Waals surface area (Å²) < 4.78 is 1.73. The molecule has 28 heavy (non-hydrogen) atoms. The lowest BCUT2D eigenvalue weighted by atomic mass is 10.2. The fraction of sp³-hybridized carbons (Fsp3) is 0.571. The summed E-state index contributed by atoms with van der Waals surface area (Å²) in [7, 11) is 0. The molecular formula is C21H30N4O2S. The maximum Gasteiger partial charge on any atom is 0.262 e. The molecule has 1 aliphatic carbocycles. The molecule has 7 heteroatoms. The van der Waals surface area contributed by atoms with Crippen LogP contribution in [-0.2, 0) is 11.3 Å². The van der Waals surface area contributed by atoms with E-state index in [1.54, 1.807) is 4.57 Å². The van der Waals surface area contributed by atoms with Gasteiger partial charge in [-0.1, -0.05) is 23.9 Å². The second kappa shape index (κ2) is 9.09. The molecule has 1 amide bonds. The average Bonchev–Trinajstić information content (AvgIpc) is 3.45. The van der Waals surface area contributed by atoms with E-state index in [2.05, 4.69) is 37.9 Å². The Morgan fingerprint density at radius 2 is 1.93 bits per heavy atom. The highest BCUT2D eigenvalue weighted by atomic mass is 32.2. The fourth-order valence-corrected chi connectivity index (χ4v) is 4.25. The molecule has 6 nitrogen and oxygen atoms in total. The molecule has 2 aromatic rings. The number of rotatable bonds is 9. The van der Waals surface area contributed by atoms with E-state index in [9.17, 15) is 9.59 Å². The Balaban J connectivity index is 1.85. The molecule has 0 spiro atoms. The number of thioether (sulfide) groups is 1. The third-order valence-electron chi connectivity index (χ3n) is 5.01. The Kier molecular flexibility index (Phi) is 6.78. The summed E-state index contributed by atoms with van der Waals surface area (Å²) in [6, 6.07) is 8.54. The van der Waals surface area contributed by atoms with E-state index in [1.807, 2.05) is 24.3 Å². The van der Waals surface area contributed by atoms with Crippen LogP contribution in [0.2, 0.25) is 0 Å². The summed E-state index contributed by atoms with van der Waals surface area (Å²) in [6.45, 7) is 9.98. The van der Waals surface area contributed by atoms with Gasteiger partial charge in [-0.3, -0.25) is 19.1 Å². The van der Waals surface area contributed by atoms with Crippen LogP contribution in [0.25, 0.3) is 10.9 Å². The number of fused-ring (bicyclic) bond motifs is 1. The number of para-hydroxylation sites is 1. The maximum absolute atomic E-state index is 13.1. The van der Waals surface area contributed by atoms with E-state index >= 15 is 0 Å². The molecule has 3 rings (SSSR count). The number of carbonyl (C=O) groups excluding carboxylic acids is 1. The van der Waals surface area contributed by atoms with Crippen LogP contribution in [0.3, 0.4) is 0 Å². The summed E-state index contributed by atoms with van der Waals surface area (Å²) in [5.74, 6) is 0.284. The van der Waals surface area contributed by atoms with Crippen molar-refractivity contribution in [3.8, 4) is 0 Å². The molecule has 0 radical (unpaired) electrons. The Morgan fingerprint density at radius 3 is 2.57 bits per heavy atom. The van der Waals surface area contributed by atoms with E-state index in [-0.39, 0.29) is 17.2 Å². The second-order valence-electron chi connectivity index (χ2n) is 7.92. The lowest BCUT2D eigenvalue weighted by Crippen LogP contribution is -2.40. The number of hydrogen-bond acceptors (Lipinski definition) is 5. The first-order chi connectivity index (χ1) is 13.4. The molecule has 0 aliphatic heterocycles. The quantitative estimate of drug-likeness (QED) is 0.516. The second-order valence-corrected chi connectivity index (χ2v) is 8.87. The summed E-state index contributed by atoms with van der Waals surface area (Å²) in [5.41, 5.74) is 0.640. The zero-order chi connectivity index (χ0) is 20.3. The van der Waals surface area contributed by atoms with E-state index in [1.165, 1.54) is 11.8 Å². The van der Waals surface area contributed by atoms with Crippen LogP contribution in [0, 0.1) is 0 Å². The Bertz CT molecular complexity index is 882. The summed E-state index contributed by atoms with van der Waals surface area (Å²) in [5, 5.41) is 4.23. The molecule has 0 unspecified atom stereocenters. The third kappa shape index (κ3) is 5.14. The number of nitrogens with one attached hydrogen (secondary N) is 1. The van der Waals surface area contributed by atoms with Gasteiger partial charge in [0.25, 0.3) is 5.56 Å². The first-order valence-electron chi connectivity index (χ1n) is 10.0. The van der Waals surface area contributed by atoms with Crippen LogP contribution in [-0.4, -0.2) is 50.8 Å². The summed E-state index contributed by atoms with van der Waals surface area (Å²) in [6.07, 6.45) is 2.13. The minimum atomic E-state index is -0.0387. The average molecular weight is 403 g/mol. The normalized spacial score (nSPS) is 14.4. The largest absolute Gasteiger partial charge is 0.353 e. The highest BCUT2D eigenvalue weighted by molar-refractivity contribution is 7.99. The molecular weight excluding hydrogens is 372 g/mol. The number of benzene rings is 1. The van der Waals surface area contributed by atoms with Crippen LogP contribution in [0.15, 0.2) is 34.2 Å². The van der Waals surface area contributed by atoms with Gasteiger partial charge in [0.05, 0.1) is 16.7 Å². The minimum Gasteiger partial charge on any atom is -0.353 e. The third-order valence-corrected chi connectivity index (χ3v) is 5.99. The van der Waals surface area contributed by atoms with Gasteiger partial charge in [0, 0.05) is 31.2 Å². The maximum atomic E-state index is 13.1. The fourth-order valence-electron chi connectivity index (χ4n) is 3.41. The topological polar surface area (TPSA) is 67.2 Å². The minimum absolute atomic E-state index is 0.00689. The van der Waals surface area contributed by atoms with Crippen molar-refractivity contribution in [1.29, 1.82) is 0 Å². The van der Waals surface area contributed by atoms with Crippen LogP contribution in [0.4, 0.5) is 0 Å². The zero-order valence-electron chi connectivity index (χ0n) is 17.1. The van der Waals surface area contributed by atoms with E-state index in [0.717, 1.165) is 19.4 Å². The van der Waals surface area contributed by atoms with E-state index < -0.39 is 0 Å². The first kappa shape index (κ1) is 20.9. The molecule has 1 N–H and O–H groups in total. The van der Waals surface area contributed by atoms with Gasteiger partial charge in [-0.25, -0.2) is 4.98 Å². The summed E-state index contributed by atoms with van der Waals surface area (Å²) in [4.78, 5) is 32.3. The number of carbonyl (C=O) groups is 1. The standard InChI is InChI=1S/C21H30N4O2S/c1-14(2)24(15(3)4)11-12-25-20(27)17-7-5-6-8-18(17)23-21(25)28-13-19(26)22-16-9-10-16/h5-8,14-16H,9-13H2,1-4H3,(H,22,26). The molecule has 1 saturated carbocycles. The molecule has 0 atom stereocenters. The van der Waals surface area contributed by atoms with Crippen molar-refractivity contribution in [3.63, 3.8) is 0 Å². The van der Waals surface area contributed by atoms with Gasteiger partial charge in [-0.2, -0.15) is 0 Å². The van der Waals surface area contributed by atoms with Crippen molar-refractivity contribution >= 4 is 28.6 Å². The van der Waals surface area contributed by atoms with Crippen LogP contribution in [0.5, 0.6) is 0 Å². The van der Waals surface area contributed by atoms with Crippen LogP contribution < -0.4 is 10.9 Å². The number of aromatic nitrogens is 2. The predicted molar refractivity (Wildman–Crippen MR) is 115 cm³/mol. The molecule has 1 fully saturated rings. The van der Waals surface area contributed by atoms with Gasteiger partial charge in [-0.15, -0.1) is 0 Å². The highest BCUT2D eigenvalue weighted by Gasteiger charge is 2.23. The van der Waals surface area contributed by atoms with Gasteiger partial charge in [0.2, 0.25) is 5.91 Å². The Morgan fingerprint density at radius 1 is 1.25 bits per heavy atom. The molecule has 1 aromatic carbocycles. The first-order valence-corrected chi connectivity index (χ1v) is 11.0. The Hall–Kier alpha value is -1.86. The van der Waals surface area contributed by atoms with Crippen molar-refractivity contribution in [2.45, 2.75) is 70.4 Å². The van der Waals surface area contributed by atoms with Gasteiger partial charge >= 0.3 is 0 Å². The van der Waals surface area contributed by atoms with Crippen molar-refractivity contribution in [3.05, 3.63) is 34.6 Å². The van der Waals surface area contributed by atoms with Gasteiger partial charge in [-0.05, 0) is 52.7 Å². The monoisotopic (exact) mass is 402 g/mol. The summed E-state index contributed by atoms with van der Waals surface area (Å²) >= 11 is 1.34. The van der Waals surface area contributed by atoms with Gasteiger partial charge < -0.3 is 5.32 Å². The van der Waals surface area contributed by atoms with Gasteiger partial charge in [0.1, 0.15) is 0 Å². The predicted octanol–water partition coefficient (Wildman–Crippen LogP) is 2.89. The van der Waals surface area contributed by atoms with Gasteiger partial charge in [0.15, 0.2) is 5.16 Å². The van der Waals surface area contributed by atoms with Crippen molar-refractivity contribution < 1.29 is 4.79 Å². The molecule has 1 aliphatic rings. The smallest absolute Gasteiger partial charge is 0.262 e. The number of hydrogen-bond donors (Lipinski definition) is 1. The van der Waals surface area contributed by atoms with Crippen LogP contribution in [0.1, 0.15) is 40.5 Å². The number of nitrogens with zero attached hydrogens (tertiary/aromatic N) is 3. The molecule has 152 valence electrons. The highest BCUT2D eigenvalue weighted by Crippen LogP contribution is 2.21. The van der Waals surface area contributed by atoms with Crippen molar-refractivity contribution in [2.75, 3.05) is 12.3 Å². The van der Waals surface area contributed by atoms with Crippen molar-refractivity contribution in [1.82, 2.24) is 19.8 Å². The zero-order valence-corrected chi connectivity index (χ0v) is 18.0. The molecule has 0 saturated heterocycles. The van der Waals surface area contributed by atoms with Crippen molar-refractivity contribution in [2.24, 2.45) is 0 Å². The lowest BCUT2D eigenvalue weighted by molar-refractivity contribution is -0.118. The van der Waals surface area contributed by atoms with E-state index in [0.29, 0.717) is 40.7 Å². The molecule has 1 heterocycles. The number of amides is 1. The molecule has 0 bridgehead atoms. The van der Waals surface area contributed by atoms with Crippen LogP contribution >= 0.6 is 11.8 Å². The SMILES string of the molecule is CC(C)N(CCn1c(SCC(=O)NC2CC2)nc2ccccc2c1=O)C(C)C. The van der Waals surface area contributed by atoms with E-state index in [4.69, 9.17) is 4.98 Å². The molecule has 1 aromatic heterocycles. The lowest BCUT2D eigenvalue weighted by Gasteiger charge is -2.30. The Labute approximate surface area is 170 Å².